The van der Waals surface area contributed by atoms with Gasteiger partial charge in [0.2, 0.25) is 10.0 Å². The third-order valence-electron chi connectivity index (χ3n) is 2.97. The third-order valence-corrected chi connectivity index (χ3v) is 4.39. The van der Waals surface area contributed by atoms with E-state index >= 15 is 0 Å². The predicted octanol–water partition coefficient (Wildman–Crippen LogP) is -0.643. The second kappa shape index (κ2) is 6.83. The van der Waals surface area contributed by atoms with Crippen molar-refractivity contribution in [2.24, 2.45) is 7.05 Å². The topological polar surface area (TPSA) is 93.8 Å². The first kappa shape index (κ1) is 15.7. The van der Waals surface area contributed by atoms with Gasteiger partial charge in [-0.1, -0.05) is 0 Å². The highest BCUT2D eigenvalue weighted by Gasteiger charge is 2.15. The van der Waals surface area contributed by atoms with Gasteiger partial charge in [-0.25, -0.2) is 13.1 Å². The van der Waals surface area contributed by atoms with E-state index in [9.17, 15) is 8.42 Å². The molecule has 2 rings (SSSR count). The maximum Gasteiger partial charge on any atom is 0.243 e. The summed E-state index contributed by atoms with van der Waals surface area (Å²) in [6.45, 7) is 1.69. The highest BCUT2D eigenvalue weighted by atomic mass is 32.2. The molecule has 2 aromatic heterocycles. The molecule has 0 aliphatic rings. The summed E-state index contributed by atoms with van der Waals surface area (Å²) in [4.78, 5) is 0.185. The number of nitrogens with zero attached hydrogens (tertiary/aromatic N) is 4. The lowest BCUT2D eigenvalue weighted by atomic mass is 10.3. The summed E-state index contributed by atoms with van der Waals surface area (Å²) < 4.78 is 30.1. The summed E-state index contributed by atoms with van der Waals surface area (Å²) in [5.74, 6) is 0. The first-order valence-corrected chi connectivity index (χ1v) is 8.14. The van der Waals surface area contributed by atoms with Crippen LogP contribution in [0.4, 0.5) is 0 Å². The van der Waals surface area contributed by atoms with Crippen molar-refractivity contribution in [2.45, 2.75) is 17.9 Å². The summed E-state index contributed by atoms with van der Waals surface area (Å²) in [7, 11) is 0.152. The van der Waals surface area contributed by atoms with E-state index in [0.29, 0.717) is 19.5 Å². The van der Waals surface area contributed by atoms with Crippen molar-refractivity contribution in [2.75, 3.05) is 20.1 Å². The van der Waals surface area contributed by atoms with Crippen LogP contribution in [0.25, 0.3) is 0 Å². The lowest BCUT2D eigenvalue weighted by Crippen LogP contribution is -2.25. The Kier molecular flexibility index (Phi) is 5.10. The number of aryl methyl sites for hydroxylation is 1. The first-order valence-electron chi connectivity index (χ1n) is 6.65. The molecule has 0 radical (unpaired) electrons. The van der Waals surface area contributed by atoms with E-state index in [-0.39, 0.29) is 4.90 Å². The molecule has 0 aromatic carbocycles. The smallest absolute Gasteiger partial charge is 0.243 e. The molecule has 0 amide bonds. The molecule has 2 aromatic rings. The lowest BCUT2D eigenvalue weighted by molar-refractivity contribution is 0.576. The van der Waals surface area contributed by atoms with Crippen molar-refractivity contribution in [3.8, 4) is 0 Å². The van der Waals surface area contributed by atoms with Gasteiger partial charge >= 0.3 is 0 Å². The Morgan fingerprint density at radius 3 is 2.67 bits per heavy atom. The van der Waals surface area contributed by atoms with Crippen LogP contribution in [0.15, 0.2) is 29.7 Å². The van der Waals surface area contributed by atoms with Crippen molar-refractivity contribution in [3.05, 3.63) is 30.4 Å². The van der Waals surface area contributed by atoms with Crippen molar-refractivity contribution in [3.63, 3.8) is 0 Å². The molecule has 2 N–H and O–H groups in total. The molecule has 0 saturated carbocycles. The minimum absolute atomic E-state index is 0.185. The van der Waals surface area contributed by atoms with E-state index in [1.165, 1.54) is 12.4 Å². The first-order chi connectivity index (χ1) is 10.0. The van der Waals surface area contributed by atoms with Gasteiger partial charge in [-0.15, -0.1) is 0 Å². The minimum Gasteiger partial charge on any atom is -0.318 e. The van der Waals surface area contributed by atoms with Crippen LogP contribution in [0.5, 0.6) is 0 Å². The molecule has 0 spiro atoms. The normalized spacial score (nSPS) is 11.9. The standard InChI is InChI=1S/C12H20N6O2S/c1-13-5-6-18-10-12(8-15-18)21(19,20)16-4-3-11-7-14-17(2)9-11/h7-10,13,16H,3-6H2,1-2H3. The Labute approximate surface area is 124 Å². The number of aromatic nitrogens is 4. The van der Waals surface area contributed by atoms with Crippen LogP contribution in [-0.2, 0) is 30.0 Å². The zero-order valence-electron chi connectivity index (χ0n) is 12.2. The molecule has 0 aliphatic heterocycles. The highest BCUT2D eigenvalue weighted by Crippen LogP contribution is 2.07. The number of hydrogen-bond acceptors (Lipinski definition) is 5. The zero-order valence-corrected chi connectivity index (χ0v) is 13.0. The van der Waals surface area contributed by atoms with E-state index in [1.54, 1.807) is 15.6 Å². The van der Waals surface area contributed by atoms with Gasteiger partial charge in [0, 0.05) is 32.5 Å². The van der Waals surface area contributed by atoms with Crippen molar-refractivity contribution < 1.29 is 8.42 Å². The van der Waals surface area contributed by atoms with Gasteiger partial charge < -0.3 is 5.32 Å². The van der Waals surface area contributed by atoms with Gasteiger partial charge in [0.05, 0.1) is 18.9 Å². The average Bonchev–Trinajstić information content (AvgIpc) is 3.06. The fraction of sp³-hybridized carbons (Fsp3) is 0.500. The Balaban J connectivity index is 1.90. The van der Waals surface area contributed by atoms with E-state index < -0.39 is 10.0 Å². The second-order valence-corrected chi connectivity index (χ2v) is 6.48. The SMILES string of the molecule is CNCCn1cc(S(=O)(=O)NCCc2cnn(C)c2)cn1. The van der Waals surface area contributed by atoms with E-state index in [4.69, 9.17) is 0 Å². The molecule has 21 heavy (non-hydrogen) atoms. The molecule has 0 unspecified atom stereocenters. The van der Waals surface area contributed by atoms with Crippen LogP contribution in [0.1, 0.15) is 5.56 Å². The van der Waals surface area contributed by atoms with Crippen molar-refractivity contribution in [1.29, 1.82) is 0 Å². The summed E-state index contributed by atoms with van der Waals surface area (Å²) >= 11 is 0. The van der Waals surface area contributed by atoms with Crippen LogP contribution >= 0.6 is 0 Å². The van der Waals surface area contributed by atoms with Gasteiger partial charge in [0.25, 0.3) is 0 Å². The second-order valence-electron chi connectivity index (χ2n) is 4.71. The quantitative estimate of drug-likeness (QED) is 0.676. The van der Waals surface area contributed by atoms with E-state index in [2.05, 4.69) is 20.2 Å². The Hall–Kier alpha value is -1.71. The maximum atomic E-state index is 12.1. The fourth-order valence-corrected chi connectivity index (χ4v) is 2.83. The third kappa shape index (κ3) is 4.38. The molecule has 9 heteroatoms. The molecule has 0 aliphatic carbocycles. The molecule has 0 saturated heterocycles. The fourth-order valence-electron chi connectivity index (χ4n) is 1.85. The predicted molar refractivity (Wildman–Crippen MR) is 78.3 cm³/mol. The summed E-state index contributed by atoms with van der Waals surface area (Å²) in [5, 5.41) is 11.1. The number of nitrogens with one attached hydrogen (secondary N) is 2. The van der Waals surface area contributed by atoms with Gasteiger partial charge in [-0.2, -0.15) is 10.2 Å². The molecular weight excluding hydrogens is 292 g/mol. The lowest BCUT2D eigenvalue weighted by Gasteiger charge is -2.03. The van der Waals surface area contributed by atoms with E-state index in [0.717, 1.165) is 12.1 Å². The number of hydrogen-bond donors (Lipinski definition) is 2. The molecular formula is C12H20N6O2S. The number of sulfonamides is 1. The van der Waals surface area contributed by atoms with Crippen LogP contribution in [0.2, 0.25) is 0 Å². The van der Waals surface area contributed by atoms with Crippen LogP contribution in [-0.4, -0.2) is 48.1 Å². The van der Waals surface area contributed by atoms with Crippen molar-refractivity contribution in [1.82, 2.24) is 29.6 Å². The van der Waals surface area contributed by atoms with Gasteiger partial charge in [0.1, 0.15) is 4.90 Å². The van der Waals surface area contributed by atoms with Gasteiger partial charge in [-0.3, -0.25) is 9.36 Å². The largest absolute Gasteiger partial charge is 0.318 e. The zero-order chi connectivity index (χ0) is 15.3. The van der Waals surface area contributed by atoms with E-state index in [1.807, 2.05) is 20.3 Å². The summed E-state index contributed by atoms with van der Waals surface area (Å²) in [6.07, 6.45) is 7.08. The molecule has 0 bridgehead atoms. The summed E-state index contributed by atoms with van der Waals surface area (Å²) in [5.41, 5.74) is 0.991. The minimum atomic E-state index is -3.51. The van der Waals surface area contributed by atoms with Gasteiger partial charge in [0.15, 0.2) is 0 Å². The molecule has 8 nitrogen and oxygen atoms in total. The van der Waals surface area contributed by atoms with Crippen LogP contribution in [0.3, 0.4) is 0 Å². The average molecular weight is 312 g/mol. The Morgan fingerprint density at radius 1 is 1.19 bits per heavy atom. The Bertz CT molecular complexity index is 675. The van der Waals surface area contributed by atoms with Crippen LogP contribution < -0.4 is 10.0 Å². The Morgan fingerprint density at radius 2 is 2.00 bits per heavy atom. The van der Waals surface area contributed by atoms with Crippen LogP contribution in [0, 0.1) is 0 Å². The molecule has 0 atom stereocenters. The number of rotatable bonds is 8. The molecule has 2 heterocycles. The maximum absolute atomic E-state index is 12.1. The monoisotopic (exact) mass is 312 g/mol. The number of likely N-dealkylation sites (N-methyl/N-ethyl adjacent to an activating group) is 1. The molecule has 0 fully saturated rings. The van der Waals surface area contributed by atoms with Crippen molar-refractivity contribution >= 4 is 10.0 Å². The van der Waals surface area contributed by atoms with Gasteiger partial charge in [-0.05, 0) is 19.0 Å². The summed E-state index contributed by atoms with van der Waals surface area (Å²) in [6, 6.07) is 0. The highest BCUT2D eigenvalue weighted by molar-refractivity contribution is 7.89. The molecule has 116 valence electrons.